The van der Waals surface area contributed by atoms with Gasteiger partial charge in [-0.2, -0.15) is 0 Å². The molecule has 0 aromatic heterocycles. The lowest BCUT2D eigenvalue weighted by Crippen LogP contribution is -2.25. The van der Waals surface area contributed by atoms with Crippen molar-refractivity contribution in [3.63, 3.8) is 0 Å². The highest BCUT2D eigenvalue weighted by Gasteiger charge is 2.31. The Morgan fingerprint density at radius 1 is 0.833 bits per heavy atom. The van der Waals surface area contributed by atoms with Crippen molar-refractivity contribution in [3.8, 4) is 5.75 Å². The van der Waals surface area contributed by atoms with Crippen molar-refractivity contribution in [2.45, 2.75) is 77.5 Å². The average Bonchev–Trinajstić information content (AvgIpc) is 2.73. The van der Waals surface area contributed by atoms with Crippen molar-refractivity contribution in [1.29, 1.82) is 0 Å². The Morgan fingerprint density at radius 3 is 1.87 bits per heavy atom. The number of allylic oxidation sites excluding steroid dienone is 4. The maximum atomic E-state index is 12.2. The largest absolute Gasteiger partial charge is 0.573 e. The van der Waals surface area contributed by atoms with Crippen LogP contribution in [0.5, 0.6) is 5.75 Å². The van der Waals surface area contributed by atoms with E-state index in [4.69, 9.17) is 0 Å². The maximum absolute atomic E-state index is 12.2. The van der Waals surface area contributed by atoms with Crippen LogP contribution in [-0.2, 0) is 6.42 Å². The minimum Gasteiger partial charge on any atom is -0.406 e. The number of halogens is 3. The molecule has 1 nitrogen and oxygen atoms in total. The fraction of sp³-hybridized carbons (Fsp3) is 0.615. The van der Waals surface area contributed by atoms with Crippen molar-refractivity contribution in [2.24, 2.45) is 23.7 Å². The number of ether oxygens (including phenoxy) is 1. The van der Waals surface area contributed by atoms with Gasteiger partial charge in [-0.1, -0.05) is 36.4 Å². The predicted octanol–water partition coefficient (Wildman–Crippen LogP) is 8.26. The summed E-state index contributed by atoms with van der Waals surface area (Å²) in [6.45, 7) is 2.13. The first kappa shape index (κ1) is 23.0. The summed E-state index contributed by atoms with van der Waals surface area (Å²) in [7, 11) is 0. The Bertz CT molecular complexity index is 673. The normalized spacial score (nSPS) is 28.3. The fourth-order valence-electron chi connectivity index (χ4n) is 5.29. The lowest BCUT2D eigenvalue weighted by atomic mass is 9.69. The van der Waals surface area contributed by atoms with Gasteiger partial charge < -0.3 is 4.74 Å². The minimum atomic E-state index is -4.63. The van der Waals surface area contributed by atoms with Gasteiger partial charge in [-0.3, -0.25) is 0 Å². The van der Waals surface area contributed by atoms with E-state index in [1.54, 1.807) is 12.1 Å². The van der Waals surface area contributed by atoms with Gasteiger partial charge >= 0.3 is 6.36 Å². The van der Waals surface area contributed by atoms with Crippen LogP contribution >= 0.6 is 0 Å². The monoisotopic (exact) mass is 420 g/mol. The number of alkyl halides is 3. The number of benzene rings is 1. The molecule has 0 aliphatic heterocycles. The summed E-state index contributed by atoms with van der Waals surface area (Å²) in [4.78, 5) is 0. The summed E-state index contributed by atoms with van der Waals surface area (Å²) in [5.41, 5.74) is 1.03. The van der Waals surface area contributed by atoms with Crippen molar-refractivity contribution < 1.29 is 17.9 Å². The highest BCUT2D eigenvalue weighted by Crippen LogP contribution is 2.41. The molecule has 30 heavy (non-hydrogen) atoms. The standard InChI is InChI=1S/C26H35F3O/c1-2-5-20-8-14-23(15-9-20)24-16-10-21(11-17-24)6-3-4-7-22-12-18-25(19-13-22)30-26(27,28)29/h2-3,5-6,12-13,18-21,23-24H,4,7-11,14-17H2,1H3/b5-2+,6-3?. The van der Waals surface area contributed by atoms with Crippen LogP contribution in [0.4, 0.5) is 13.2 Å². The molecule has 0 radical (unpaired) electrons. The molecule has 0 spiro atoms. The summed E-state index contributed by atoms with van der Waals surface area (Å²) in [5, 5.41) is 0. The topological polar surface area (TPSA) is 9.23 Å². The molecule has 0 atom stereocenters. The lowest BCUT2D eigenvalue weighted by molar-refractivity contribution is -0.274. The van der Waals surface area contributed by atoms with Crippen LogP contribution in [0.3, 0.4) is 0 Å². The van der Waals surface area contributed by atoms with E-state index in [1.807, 2.05) is 0 Å². The molecular formula is C26H35F3O. The molecule has 1 aromatic carbocycles. The van der Waals surface area contributed by atoms with Gasteiger partial charge in [0, 0.05) is 0 Å². The first-order valence-corrected chi connectivity index (χ1v) is 11.6. The second-order valence-electron chi connectivity index (χ2n) is 9.03. The van der Waals surface area contributed by atoms with Crippen LogP contribution in [0.25, 0.3) is 0 Å². The molecule has 3 rings (SSSR count). The molecule has 2 saturated carbocycles. The Kier molecular flexibility index (Phi) is 8.47. The third-order valence-corrected chi connectivity index (χ3v) is 6.93. The Labute approximate surface area is 179 Å². The van der Waals surface area contributed by atoms with E-state index in [0.29, 0.717) is 5.92 Å². The molecule has 0 amide bonds. The third kappa shape index (κ3) is 7.52. The second kappa shape index (κ2) is 11.1. The Morgan fingerprint density at radius 2 is 1.37 bits per heavy atom. The van der Waals surface area contributed by atoms with E-state index in [2.05, 4.69) is 36.0 Å². The van der Waals surface area contributed by atoms with Gasteiger partial charge in [-0.25, -0.2) is 0 Å². The number of rotatable bonds is 7. The number of aryl methyl sites for hydroxylation is 1. The lowest BCUT2D eigenvalue weighted by Gasteiger charge is -2.36. The molecular weight excluding hydrogens is 385 g/mol. The van der Waals surface area contributed by atoms with Crippen LogP contribution in [0.1, 0.15) is 70.3 Å². The summed E-state index contributed by atoms with van der Waals surface area (Å²) < 4.78 is 40.5. The van der Waals surface area contributed by atoms with Crippen LogP contribution in [0.15, 0.2) is 48.6 Å². The first-order chi connectivity index (χ1) is 14.4. The van der Waals surface area contributed by atoms with Gasteiger partial charge in [0.25, 0.3) is 0 Å². The number of hydrogen-bond donors (Lipinski definition) is 0. The SMILES string of the molecule is C/C=C/C1CCC(C2CCC(C=CCCc3ccc(OC(F)(F)F)cc3)CC2)CC1. The third-order valence-electron chi connectivity index (χ3n) is 6.93. The smallest absolute Gasteiger partial charge is 0.406 e. The molecule has 0 bridgehead atoms. The summed E-state index contributed by atoms with van der Waals surface area (Å²) in [5.74, 6) is 3.23. The highest BCUT2D eigenvalue weighted by molar-refractivity contribution is 5.27. The zero-order valence-electron chi connectivity index (χ0n) is 18.0. The number of hydrogen-bond acceptors (Lipinski definition) is 1. The highest BCUT2D eigenvalue weighted by atomic mass is 19.4. The zero-order valence-corrected chi connectivity index (χ0v) is 18.0. The second-order valence-corrected chi connectivity index (χ2v) is 9.03. The van der Waals surface area contributed by atoms with Crippen LogP contribution in [-0.4, -0.2) is 6.36 Å². The average molecular weight is 421 g/mol. The van der Waals surface area contributed by atoms with Gasteiger partial charge in [0.1, 0.15) is 5.75 Å². The van der Waals surface area contributed by atoms with Crippen LogP contribution in [0.2, 0.25) is 0 Å². The fourth-order valence-corrected chi connectivity index (χ4v) is 5.29. The Balaban J connectivity index is 1.33. The van der Waals surface area contributed by atoms with Crippen LogP contribution in [0, 0.1) is 23.7 Å². The van der Waals surface area contributed by atoms with Crippen LogP contribution < -0.4 is 4.74 Å². The van der Waals surface area contributed by atoms with Gasteiger partial charge in [0.2, 0.25) is 0 Å². The summed E-state index contributed by atoms with van der Waals surface area (Å²) in [6, 6.07) is 6.20. The predicted molar refractivity (Wildman–Crippen MR) is 116 cm³/mol. The maximum Gasteiger partial charge on any atom is 0.573 e. The van der Waals surface area contributed by atoms with Gasteiger partial charge in [0.05, 0.1) is 0 Å². The van der Waals surface area contributed by atoms with Gasteiger partial charge in [0.15, 0.2) is 0 Å². The van der Waals surface area contributed by atoms with E-state index < -0.39 is 6.36 Å². The summed E-state index contributed by atoms with van der Waals surface area (Å²) >= 11 is 0. The molecule has 0 N–H and O–H groups in total. The molecule has 2 aliphatic rings. The van der Waals surface area contributed by atoms with Crippen molar-refractivity contribution in [2.75, 3.05) is 0 Å². The van der Waals surface area contributed by atoms with E-state index in [1.165, 1.54) is 63.5 Å². The first-order valence-electron chi connectivity index (χ1n) is 11.6. The molecule has 2 fully saturated rings. The molecule has 166 valence electrons. The minimum absolute atomic E-state index is 0.158. The van der Waals surface area contributed by atoms with Gasteiger partial charge in [-0.05, 0) is 112 Å². The molecule has 0 saturated heterocycles. The van der Waals surface area contributed by atoms with E-state index >= 15 is 0 Å². The zero-order chi connectivity index (χ0) is 21.4. The molecule has 2 aliphatic carbocycles. The van der Waals surface area contributed by atoms with Crippen molar-refractivity contribution >= 4 is 0 Å². The van der Waals surface area contributed by atoms with E-state index in [-0.39, 0.29) is 5.75 Å². The Hall–Kier alpha value is -1.71. The molecule has 0 heterocycles. The molecule has 0 unspecified atom stereocenters. The van der Waals surface area contributed by atoms with Crippen molar-refractivity contribution in [3.05, 3.63) is 54.1 Å². The van der Waals surface area contributed by atoms with Crippen molar-refractivity contribution in [1.82, 2.24) is 0 Å². The molecule has 4 heteroatoms. The van der Waals surface area contributed by atoms with E-state index in [9.17, 15) is 13.2 Å². The van der Waals surface area contributed by atoms with E-state index in [0.717, 1.165) is 36.2 Å². The molecule has 1 aromatic rings. The quantitative estimate of drug-likeness (QED) is 0.403. The summed E-state index contributed by atoms with van der Waals surface area (Å²) in [6.07, 6.45) is 17.3. The van der Waals surface area contributed by atoms with Gasteiger partial charge in [-0.15, -0.1) is 13.2 Å².